The van der Waals surface area contributed by atoms with Gasteiger partial charge in [0.2, 0.25) is 5.91 Å². The molecule has 7 atom stereocenters. The number of likely N-dealkylation sites (tertiary alicyclic amines) is 1. The first-order valence-corrected chi connectivity index (χ1v) is 11.5. The Hall–Kier alpha value is -0.810. The van der Waals surface area contributed by atoms with Gasteiger partial charge in [0.25, 0.3) is 0 Å². The molecule has 2 saturated heterocycles. The Bertz CT molecular complexity index is 492. The fourth-order valence-electron chi connectivity index (χ4n) is 3.83. The zero-order chi connectivity index (χ0) is 23.4. The van der Waals surface area contributed by atoms with E-state index in [2.05, 4.69) is 13.8 Å². The van der Waals surface area contributed by atoms with Crippen molar-refractivity contribution in [2.24, 2.45) is 5.92 Å². The minimum Gasteiger partial charge on any atom is -0.394 e. The van der Waals surface area contributed by atoms with Crippen molar-refractivity contribution in [3.63, 3.8) is 0 Å². The largest absolute Gasteiger partial charge is 0.394 e. The van der Waals surface area contributed by atoms with Crippen LogP contribution >= 0.6 is 0 Å². The lowest BCUT2D eigenvalue weighted by molar-refractivity contribution is -0.282. The minimum atomic E-state index is -1.13. The molecule has 2 rings (SSSR count). The number of methoxy groups -OCH3 is 1. The van der Waals surface area contributed by atoms with E-state index in [0.717, 1.165) is 19.3 Å². The van der Waals surface area contributed by atoms with Crippen LogP contribution in [0.15, 0.2) is 0 Å². The molecule has 4 N–H and O–H groups in total. The molecule has 0 aromatic heterocycles. The van der Waals surface area contributed by atoms with Gasteiger partial charge in [0, 0.05) is 32.6 Å². The molecule has 1 amide bonds. The highest BCUT2D eigenvalue weighted by Gasteiger charge is 2.42. The highest BCUT2D eigenvalue weighted by molar-refractivity contribution is 5.76. The molecule has 0 radical (unpaired) electrons. The van der Waals surface area contributed by atoms with Gasteiger partial charge in [0.15, 0.2) is 6.29 Å². The minimum absolute atomic E-state index is 0.0106. The topological polar surface area (TPSA) is 129 Å². The highest BCUT2D eigenvalue weighted by atomic mass is 16.7. The van der Waals surface area contributed by atoms with Crippen LogP contribution in [0.5, 0.6) is 0 Å². The Morgan fingerprint density at radius 3 is 2.35 bits per heavy atom. The van der Waals surface area contributed by atoms with E-state index in [1.807, 2.05) is 0 Å². The maximum atomic E-state index is 12.4. The molecule has 2 fully saturated rings. The molecular weight excluding hydrogens is 406 g/mol. The summed E-state index contributed by atoms with van der Waals surface area (Å²) < 4.78 is 16.5. The summed E-state index contributed by atoms with van der Waals surface area (Å²) in [5, 5.41) is 38.5. The van der Waals surface area contributed by atoms with Gasteiger partial charge >= 0.3 is 0 Å². The van der Waals surface area contributed by atoms with Crippen LogP contribution in [-0.2, 0) is 19.0 Å². The summed E-state index contributed by atoms with van der Waals surface area (Å²) >= 11 is 0. The second kappa shape index (κ2) is 15.1. The SMILES string of the molecule is CCC.CO[C@@H]1C[C@@H](CO)N(C(=O)CCCCCOC2OC(CO)[C@H](O)C(O)C2C)C1. The van der Waals surface area contributed by atoms with Crippen LogP contribution < -0.4 is 0 Å². The average Bonchev–Trinajstić information content (AvgIpc) is 3.20. The first-order chi connectivity index (χ1) is 14.8. The molecular formula is C22H43NO8. The predicted molar refractivity (Wildman–Crippen MR) is 115 cm³/mol. The Kier molecular flexibility index (Phi) is 13.8. The average molecular weight is 450 g/mol. The Morgan fingerprint density at radius 1 is 1.10 bits per heavy atom. The number of carbonyl (C=O) groups is 1. The second-order valence-electron chi connectivity index (χ2n) is 8.43. The molecule has 0 spiro atoms. The lowest BCUT2D eigenvalue weighted by Gasteiger charge is -2.40. The number of amides is 1. The third-order valence-electron chi connectivity index (χ3n) is 5.75. The van der Waals surface area contributed by atoms with Crippen molar-refractivity contribution in [2.75, 3.05) is 33.5 Å². The van der Waals surface area contributed by atoms with Crippen LogP contribution in [0.25, 0.3) is 0 Å². The van der Waals surface area contributed by atoms with E-state index in [0.29, 0.717) is 26.0 Å². The molecule has 2 aliphatic heterocycles. The molecule has 0 saturated carbocycles. The maximum absolute atomic E-state index is 12.4. The number of carbonyl (C=O) groups excluding carboxylic acids is 1. The number of ether oxygens (including phenoxy) is 3. The summed E-state index contributed by atoms with van der Waals surface area (Å²) in [6.07, 6.45) is 0.894. The normalized spacial score (nSPS) is 33.2. The van der Waals surface area contributed by atoms with E-state index in [1.165, 1.54) is 6.42 Å². The Labute approximate surface area is 186 Å². The molecule has 2 heterocycles. The summed E-state index contributed by atoms with van der Waals surface area (Å²) in [5.74, 6) is -0.370. The molecule has 0 aromatic rings. The molecule has 0 aromatic carbocycles. The van der Waals surface area contributed by atoms with Crippen LogP contribution in [0, 0.1) is 5.92 Å². The van der Waals surface area contributed by atoms with E-state index < -0.39 is 30.5 Å². The van der Waals surface area contributed by atoms with Crippen molar-refractivity contribution in [1.82, 2.24) is 4.90 Å². The number of aliphatic hydroxyl groups excluding tert-OH is 4. The van der Waals surface area contributed by atoms with E-state index in [9.17, 15) is 25.2 Å². The maximum Gasteiger partial charge on any atom is 0.222 e. The molecule has 184 valence electrons. The predicted octanol–water partition coefficient (Wildman–Crippen LogP) is 0.663. The van der Waals surface area contributed by atoms with Gasteiger partial charge in [0.05, 0.1) is 31.5 Å². The highest BCUT2D eigenvalue weighted by Crippen LogP contribution is 2.27. The number of hydrogen-bond acceptors (Lipinski definition) is 8. The molecule has 0 bridgehead atoms. The van der Waals surface area contributed by atoms with Gasteiger partial charge in [-0.2, -0.15) is 0 Å². The molecule has 4 unspecified atom stereocenters. The van der Waals surface area contributed by atoms with Crippen molar-refractivity contribution in [3.8, 4) is 0 Å². The van der Waals surface area contributed by atoms with Crippen molar-refractivity contribution < 1.29 is 39.4 Å². The number of nitrogens with zero attached hydrogens (tertiary/aromatic N) is 1. The Morgan fingerprint density at radius 2 is 1.77 bits per heavy atom. The summed E-state index contributed by atoms with van der Waals surface area (Å²) in [5.41, 5.74) is 0. The molecule has 9 nitrogen and oxygen atoms in total. The molecule has 31 heavy (non-hydrogen) atoms. The first kappa shape index (κ1) is 28.2. The molecule has 9 heteroatoms. The van der Waals surface area contributed by atoms with Crippen LogP contribution in [-0.4, -0.2) is 101 Å². The van der Waals surface area contributed by atoms with Gasteiger partial charge in [-0.3, -0.25) is 4.79 Å². The number of unbranched alkanes of at least 4 members (excludes halogenated alkanes) is 2. The quantitative estimate of drug-likeness (QED) is 0.358. The van der Waals surface area contributed by atoms with Crippen LogP contribution in [0.2, 0.25) is 0 Å². The summed E-state index contributed by atoms with van der Waals surface area (Å²) in [6.45, 7) is 6.47. The third kappa shape index (κ3) is 8.57. The van der Waals surface area contributed by atoms with Gasteiger partial charge in [0.1, 0.15) is 12.2 Å². The fraction of sp³-hybridized carbons (Fsp3) is 0.955. The van der Waals surface area contributed by atoms with Crippen LogP contribution in [0.3, 0.4) is 0 Å². The van der Waals surface area contributed by atoms with Crippen molar-refractivity contribution in [3.05, 3.63) is 0 Å². The molecule has 0 aliphatic carbocycles. The zero-order valence-corrected chi connectivity index (χ0v) is 19.5. The van der Waals surface area contributed by atoms with E-state index >= 15 is 0 Å². The van der Waals surface area contributed by atoms with Gasteiger partial charge in [-0.1, -0.05) is 33.6 Å². The zero-order valence-electron chi connectivity index (χ0n) is 19.5. The van der Waals surface area contributed by atoms with Gasteiger partial charge in [-0.25, -0.2) is 0 Å². The smallest absolute Gasteiger partial charge is 0.222 e. The Balaban J connectivity index is 0.00000151. The number of hydrogen-bond donors (Lipinski definition) is 4. The van der Waals surface area contributed by atoms with Crippen LogP contribution in [0.1, 0.15) is 59.3 Å². The van der Waals surface area contributed by atoms with Crippen molar-refractivity contribution in [1.29, 1.82) is 0 Å². The monoisotopic (exact) mass is 449 g/mol. The number of aliphatic hydroxyl groups is 4. The van der Waals surface area contributed by atoms with E-state index in [1.54, 1.807) is 18.9 Å². The fourth-order valence-corrected chi connectivity index (χ4v) is 3.83. The van der Waals surface area contributed by atoms with E-state index in [-0.39, 0.29) is 31.3 Å². The van der Waals surface area contributed by atoms with Gasteiger partial charge < -0.3 is 39.5 Å². The van der Waals surface area contributed by atoms with E-state index in [4.69, 9.17) is 14.2 Å². The van der Waals surface area contributed by atoms with Crippen LogP contribution in [0.4, 0.5) is 0 Å². The first-order valence-electron chi connectivity index (χ1n) is 11.5. The summed E-state index contributed by atoms with van der Waals surface area (Å²) in [6, 6.07) is -0.160. The van der Waals surface area contributed by atoms with Crippen molar-refractivity contribution >= 4 is 5.91 Å². The lowest BCUT2D eigenvalue weighted by Crippen LogP contribution is -2.55. The number of rotatable bonds is 10. The third-order valence-corrected chi connectivity index (χ3v) is 5.75. The van der Waals surface area contributed by atoms with Gasteiger partial charge in [-0.05, 0) is 19.3 Å². The summed E-state index contributed by atoms with van der Waals surface area (Å²) in [7, 11) is 1.62. The lowest BCUT2D eigenvalue weighted by atomic mass is 9.92. The standard InChI is InChI=1S/C19H35NO8.C3H8/c1-12-17(24)18(25)15(11-22)28-19(12)27-7-5-3-4-6-16(23)20-9-14(26-2)8-13(20)10-21;1-3-2/h12-15,17-19,21-22,24-25H,3-11H2,1-2H3;3H2,1-2H3/t12?,13-,14+,15?,17?,18-,19?;/m0./s1. The van der Waals surface area contributed by atoms with Crippen molar-refractivity contribution in [2.45, 2.75) is 96.0 Å². The molecule has 2 aliphatic rings. The second-order valence-corrected chi connectivity index (χ2v) is 8.43. The van der Waals surface area contributed by atoms with Gasteiger partial charge in [-0.15, -0.1) is 0 Å². The summed E-state index contributed by atoms with van der Waals surface area (Å²) in [4.78, 5) is 14.1.